The summed E-state index contributed by atoms with van der Waals surface area (Å²) in [6, 6.07) is 6.13. The van der Waals surface area contributed by atoms with E-state index < -0.39 is 9.84 Å². The molecule has 3 aliphatic rings. The van der Waals surface area contributed by atoms with Crippen LogP contribution in [0.1, 0.15) is 24.8 Å². The molecule has 154 valence electrons. The monoisotopic (exact) mass is 426 g/mol. The van der Waals surface area contributed by atoms with E-state index >= 15 is 0 Å². The van der Waals surface area contributed by atoms with Gasteiger partial charge in [0.25, 0.3) is 5.91 Å². The van der Waals surface area contributed by atoms with Crippen molar-refractivity contribution < 1.29 is 18.1 Å². The Morgan fingerprint density at radius 3 is 2.54 bits per heavy atom. The second kappa shape index (κ2) is 7.84. The summed E-state index contributed by atoms with van der Waals surface area (Å²) in [6.07, 6.45) is 2.63. The maximum atomic E-state index is 13.0. The van der Waals surface area contributed by atoms with Crippen LogP contribution in [0.4, 0.5) is 5.69 Å². The third kappa shape index (κ3) is 4.47. The van der Waals surface area contributed by atoms with Gasteiger partial charge in [0, 0.05) is 22.8 Å². The van der Waals surface area contributed by atoms with Gasteiger partial charge < -0.3 is 14.7 Å². The first-order valence-corrected chi connectivity index (χ1v) is 12.4. The van der Waals surface area contributed by atoms with Gasteiger partial charge >= 0.3 is 0 Å². The second-order valence-electron chi connectivity index (χ2n) is 8.43. The van der Waals surface area contributed by atoms with Gasteiger partial charge in [-0.15, -0.1) is 0 Å². The zero-order chi connectivity index (χ0) is 19.9. The number of sulfone groups is 1. The van der Waals surface area contributed by atoms with Crippen molar-refractivity contribution in [2.75, 3.05) is 49.1 Å². The highest BCUT2D eigenvalue weighted by molar-refractivity contribution is 7.91. The van der Waals surface area contributed by atoms with Crippen molar-refractivity contribution in [1.29, 1.82) is 0 Å². The number of anilines is 1. The van der Waals surface area contributed by atoms with Crippen molar-refractivity contribution in [3.63, 3.8) is 0 Å². The molecule has 28 heavy (non-hydrogen) atoms. The minimum absolute atomic E-state index is 0.111. The number of nitrogens with zero attached hydrogens (tertiary/aromatic N) is 2. The Morgan fingerprint density at radius 2 is 1.93 bits per heavy atom. The minimum atomic E-state index is -2.98. The van der Waals surface area contributed by atoms with Gasteiger partial charge in [0.15, 0.2) is 16.4 Å². The number of benzene rings is 1. The van der Waals surface area contributed by atoms with Crippen LogP contribution in [0.2, 0.25) is 5.02 Å². The molecular formula is C20H29ClN3O3S+. The summed E-state index contributed by atoms with van der Waals surface area (Å²) in [5, 5.41) is 0.747. The molecular weight excluding hydrogens is 398 g/mol. The van der Waals surface area contributed by atoms with E-state index in [1.807, 2.05) is 23.1 Å². The number of quaternary nitrogens is 1. The number of nitrogens with one attached hydrogen (secondary N) is 1. The van der Waals surface area contributed by atoms with Gasteiger partial charge in [-0.3, -0.25) is 4.79 Å². The van der Waals surface area contributed by atoms with Gasteiger partial charge in [-0.1, -0.05) is 17.7 Å². The number of carbonyl (C=O) groups excluding carboxylic acids is 1. The van der Waals surface area contributed by atoms with Crippen molar-refractivity contribution in [1.82, 2.24) is 4.90 Å². The molecule has 2 saturated heterocycles. The maximum Gasteiger partial charge on any atom is 0.278 e. The Kier molecular flexibility index (Phi) is 5.60. The van der Waals surface area contributed by atoms with Gasteiger partial charge in [-0.25, -0.2) is 8.42 Å². The Labute approximate surface area is 172 Å². The summed E-state index contributed by atoms with van der Waals surface area (Å²) < 4.78 is 23.7. The van der Waals surface area contributed by atoms with Crippen LogP contribution in [0.25, 0.3) is 0 Å². The zero-order valence-electron chi connectivity index (χ0n) is 16.4. The molecule has 2 aliphatic heterocycles. The molecule has 0 aromatic heterocycles. The molecule has 1 saturated carbocycles. The van der Waals surface area contributed by atoms with E-state index in [0.717, 1.165) is 44.0 Å². The molecule has 0 radical (unpaired) electrons. The van der Waals surface area contributed by atoms with Crippen molar-refractivity contribution in [2.24, 2.45) is 0 Å². The van der Waals surface area contributed by atoms with Crippen LogP contribution >= 0.6 is 11.6 Å². The Balaban J connectivity index is 1.35. The summed E-state index contributed by atoms with van der Waals surface area (Å²) in [7, 11) is -2.98. The van der Waals surface area contributed by atoms with Gasteiger partial charge in [-0.2, -0.15) is 0 Å². The average molecular weight is 427 g/mol. The van der Waals surface area contributed by atoms with Gasteiger partial charge in [0.2, 0.25) is 0 Å². The van der Waals surface area contributed by atoms with Crippen LogP contribution in [-0.4, -0.2) is 75.5 Å². The number of amides is 1. The van der Waals surface area contributed by atoms with E-state index in [1.54, 1.807) is 0 Å². The molecule has 6 nitrogen and oxygen atoms in total. The highest BCUT2D eigenvalue weighted by Gasteiger charge is 2.43. The van der Waals surface area contributed by atoms with E-state index in [9.17, 15) is 13.2 Å². The highest BCUT2D eigenvalue weighted by atomic mass is 35.5. The first-order chi connectivity index (χ1) is 13.3. The van der Waals surface area contributed by atoms with E-state index in [1.165, 1.54) is 16.2 Å². The zero-order valence-corrected chi connectivity index (χ0v) is 17.9. The number of hydrogen-bond donors (Lipinski definition) is 1. The largest absolute Gasteiger partial charge is 0.360 e. The summed E-state index contributed by atoms with van der Waals surface area (Å²) in [6.45, 7) is 6.15. The smallest absolute Gasteiger partial charge is 0.278 e. The highest BCUT2D eigenvalue weighted by Crippen LogP contribution is 2.32. The average Bonchev–Trinajstić information content (AvgIpc) is 3.41. The molecule has 2 heterocycles. The lowest BCUT2D eigenvalue weighted by Crippen LogP contribution is -3.16. The lowest BCUT2D eigenvalue weighted by molar-refractivity contribution is -0.892. The van der Waals surface area contributed by atoms with E-state index in [2.05, 4.69) is 11.8 Å². The third-order valence-corrected chi connectivity index (χ3v) is 8.20. The quantitative estimate of drug-likeness (QED) is 0.746. The second-order valence-corrected chi connectivity index (χ2v) is 11.1. The van der Waals surface area contributed by atoms with Crippen molar-refractivity contribution in [2.45, 2.75) is 38.3 Å². The molecule has 0 spiro atoms. The number of piperazine rings is 1. The summed E-state index contributed by atoms with van der Waals surface area (Å²) in [4.78, 5) is 18.6. The molecule has 8 heteroatoms. The number of hydrogen-bond acceptors (Lipinski definition) is 4. The number of rotatable bonds is 5. The van der Waals surface area contributed by atoms with Crippen molar-refractivity contribution >= 4 is 33.0 Å². The Bertz CT molecular complexity index is 848. The molecule has 1 aromatic rings. The van der Waals surface area contributed by atoms with Crippen LogP contribution < -0.4 is 9.80 Å². The lowest BCUT2D eigenvalue weighted by Gasteiger charge is -2.36. The molecule has 1 N–H and O–H groups in total. The summed E-state index contributed by atoms with van der Waals surface area (Å²) >= 11 is 6.16. The first-order valence-electron chi connectivity index (χ1n) is 10.2. The van der Waals surface area contributed by atoms with Crippen molar-refractivity contribution in [3.05, 3.63) is 28.8 Å². The normalized spacial score (nSPS) is 25.1. The molecule has 4 rings (SSSR count). The molecule has 0 unspecified atom stereocenters. The molecule has 1 aromatic carbocycles. The fourth-order valence-electron chi connectivity index (χ4n) is 4.52. The number of aryl methyl sites for hydroxylation is 1. The number of halogens is 1. The molecule has 1 aliphatic carbocycles. The molecule has 3 fully saturated rings. The van der Waals surface area contributed by atoms with Crippen LogP contribution in [0.5, 0.6) is 0 Å². The maximum absolute atomic E-state index is 13.0. The van der Waals surface area contributed by atoms with E-state index in [0.29, 0.717) is 13.0 Å². The molecule has 1 atom stereocenters. The lowest BCUT2D eigenvalue weighted by atomic mass is 10.1. The third-order valence-electron chi connectivity index (χ3n) is 6.21. The van der Waals surface area contributed by atoms with E-state index in [-0.39, 0.29) is 29.5 Å². The first kappa shape index (κ1) is 20.0. The topological polar surface area (TPSA) is 62.1 Å². The Morgan fingerprint density at radius 1 is 1.21 bits per heavy atom. The van der Waals surface area contributed by atoms with Crippen LogP contribution in [-0.2, 0) is 14.6 Å². The standard InChI is InChI=1S/C20H28ClN3O3S/c1-15-2-3-16(21)12-19(15)23-9-7-22(8-10-23)13-20(25)24(17-4-5-17)18-6-11-28(26,27)14-18/h2-3,12,17-18H,4-11,13-14H2,1H3/p+1/t18-/m1/s1. The fourth-order valence-corrected chi connectivity index (χ4v) is 6.40. The van der Waals surface area contributed by atoms with Gasteiger partial charge in [-0.05, 0) is 43.9 Å². The SMILES string of the molecule is Cc1ccc(Cl)cc1N1CC[NH+](CC(=O)N(C2CC2)[C@@H]2CCS(=O)(=O)C2)CC1. The van der Waals surface area contributed by atoms with Gasteiger partial charge in [0.05, 0.1) is 37.7 Å². The predicted octanol–water partition coefficient (Wildman–Crippen LogP) is 0.531. The predicted molar refractivity (Wildman–Crippen MR) is 111 cm³/mol. The summed E-state index contributed by atoms with van der Waals surface area (Å²) in [5.41, 5.74) is 2.39. The fraction of sp³-hybridized carbons (Fsp3) is 0.650. The van der Waals surface area contributed by atoms with E-state index in [4.69, 9.17) is 11.6 Å². The number of carbonyl (C=O) groups is 1. The molecule has 0 bridgehead atoms. The molecule has 1 amide bonds. The van der Waals surface area contributed by atoms with Crippen LogP contribution in [0.15, 0.2) is 18.2 Å². The van der Waals surface area contributed by atoms with Gasteiger partial charge in [0.1, 0.15) is 0 Å². The van der Waals surface area contributed by atoms with Crippen molar-refractivity contribution in [3.8, 4) is 0 Å². The summed E-state index contributed by atoms with van der Waals surface area (Å²) in [5.74, 6) is 0.498. The minimum Gasteiger partial charge on any atom is -0.360 e. The van der Waals surface area contributed by atoms with Crippen LogP contribution in [0, 0.1) is 6.92 Å². The Hall–Kier alpha value is -1.31. The van der Waals surface area contributed by atoms with Crippen LogP contribution in [0.3, 0.4) is 0 Å².